The molecule has 29 heavy (non-hydrogen) atoms. The monoisotopic (exact) mass is 395 g/mol. The topological polar surface area (TPSA) is 104 Å². The summed E-state index contributed by atoms with van der Waals surface area (Å²) in [5, 5.41) is 28.8. The highest BCUT2D eigenvalue weighted by molar-refractivity contribution is 5.69. The van der Waals surface area contributed by atoms with E-state index in [1.165, 1.54) is 6.42 Å². The second kappa shape index (κ2) is 9.71. The first kappa shape index (κ1) is 21.1. The van der Waals surface area contributed by atoms with Gasteiger partial charge in [0, 0.05) is 24.8 Å². The number of aromatic nitrogens is 1. The molecule has 3 rings (SSSR count). The first-order chi connectivity index (χ1) is 14.0. The van der Waals surface area contributed by atoms with Crippen molar-refractivity contribution in [3.63, 3.8) is 0 Å². The summed E-state index contributed by atoms with van der Waals surface area (Å²) >= 11 is 0. The van der Waals surface area contributed by atoms with Crippen LogP contribution in [0, 0.1) is 22.7 Å². The van der Waals surface area contributed by atoms with Gasteiger partial charge < -0.3 is 10.0 Å². The molecule has 0 radical (unpaired) electrons. The number of likely N-dealkylation sites (N-methyl/N-ethyl adjacent to an activating group) is 1. The van der Waals surface area contributed by atoms with Crippen molar-refractivity contribution in [2.24, 2.45) is 0 Å². The summed E-state index contributed by atoms with van der Waals surface area (Å²) in [5.74, 6) is -0.174. The molecule has 1 aromatic rings. The summed E-state index contributed by atoms with van der Waals surface area (Å²) in [6.45, 7) is 1.51. The van der Waals surface area contributed by atoms with Crippen molar-refractivity contribution in [1.82, 2.24) is 9.88 Å². The zero-order chi connectivity index (χ0) is 20.8. The Kier molecular flexibility index (Phi) is 7.06. The fraction of sp³-hybridized carbons (Fsp3) is 0.636. The minimum absolute atomic E-state index is 0.0315. The number of hydrogen-bond donors (Lipinski definition) is 1. The van der Waals surface area contributed by atoms with E-state index >= 15 is 0 Å². The van der Waals surface area contributed by atoms with Crippen molar-refractivity contribution in [2.45, 2.75) is 63.8 Å². The van der Waals surface area contributed by atoms with Crippen molar-refractivity contribution in [3.05, 3.63) is 22.4 Å². The van der Waals surface area contributed by atoms with E-state index in [9.17, 15) is 15.3 Å². The van der Waals surface area contributed by atoms with Gasteiger partial charge in [0.1, 0.15) is 23.5 Å². The van der Waals surface area contributed by atoms with Crippen LogP contribution in [0.15, 0.2) is 0 Å². The lowest BCUT2D eigenvalue weighted by molar-refractivity contribution is -0.138. The lowest BCUT2D eigenvalue weighted by Crippen LogP contribution is -2.36. The smallest absolute Gasteiger partial charge is 0.317 e. The fourth-order valence-electron chi connectivity index (χ4n) is 4.61. The lowest BCUT2D eigenvalue weighted by Gasteiger charge is -2.27. The molecule has 1 atom stereocenters. The molecule has 2 heterocycles. The molecule has 0 bridgehead atoms. The minimum Gasteiger partial charge on any atom is -0.480 e. The number of fused-ring (bicyclic) bond motifs is 1. The van der Waals surface area contributed by atoms with Crippen LogP contribution in [0.4, 0.5) is 5.82 Å². The summed E-state index contributed by atoms with van der Waals surface area (Å²) in [7, 11) is 1.85. The van der Waals surface area contributed by atoms with Gasteiger partial charge >= 0.3 is 5.97 Å². The average molecular weight is 396 g/mol. The molecule has 1 aliphatic carbocycles. The van der Waals surface area contributed by atoms with Crippen LogP contribution in [0.1, 0.15) is 67.3 Å². The third-order valence-electron chi connectivity index (χ3n) is 6.18. The second-order valence-corrected chi connectivity index (χ2v) is 8.13. The Morgan fingerprint density at radius 2 is 1.83 bits per heavy atom. The Hall–Kier alpha value is -2.64. The highest BCUT2D eigenvalue weighted by Crippen LogP contribution is 2.31. The van der Waals surface area contributed by atoms with Gasteiger partial charge in [-0.15, -0.1) is 0 Å². The Bertz CT molecular complexity index is 839. The number of hydrogen-bond acceptors (Lipinski definition) is 6. The second-order valence-electron chi connectivity index (χ2n) is 8.13. The van der Waals surface area contributed by atoms with Crippen molar-refractivity contribution in [2.75, 3.05) is 31.6 Å². The molecule has 0 aromatic carbocycles. The van der Waals surface area contributed by atoms with E-state index in [0.717, 1.165) is 69.2 Å². The number of rotatable bonds is 4. The van der Waals surface area contributed by atoms with Crippen LogP contribution in [0.3, 0.4) is 0 Å². The van der Waals surface area contributed by atoms with E-state index < -0.39 is 5.97 Å². The molecule has 154 valence electrons. The predicted molar refractivity (Wildman–Crippen MR) is 110 cm³/mol. The van der Waals surface area contributed by atoms with Crippen molar-refractivity contribution in [3.8, 4) is 12.1 Å². The molecule has 0 saturated carbocycles. The summed E-state index contributed by atoms with van der Waals surface area (Å²) in [5.41, 5.74) is 2.88. The lowest BCUT2D eigenvalue weighted by atomic mass is 9.91. The standard InChI is InChI=1S/C22H29N5O2/c1-26(15-21(28)29)16-7-6-11-27(12-10-16)22-19(14-24)18(13-23)17-8-4-2-3-5-9-20(17)25-22/h16H,2-12,15H2,1H3,(H,28,29). The van der Waals surface area contributed by atoms with E-state index in [-0.39, 0.29) is 12.6 Å². The van der Waals surface area contributed by atoms with Gasteiger partial charge in [0.05, 0.1) is 12.1 Å². The molecule has 1 N–H and O–H groups in total. The summed E-state index contributed by atoms with van der Waals surface area (Å²) < 4.78 is 0. The molecule has 1 saturated heterocycles. The number of aryl methyl sites for hydroxylation is 1. The van der Waals surface area contributed by atoms with Crippen LogP contribution in [0.2, 0.25) is 0 Å². The highest BCUT2D eigenvalue weighted by Gasteiger charge is 2.27. The van der Waals surface area contributed by atoms with Gasteiger partial charge in [-0.1, -0.05) is 12.8 Å². The fourth-order valence-corrected chi connectivity index (χ4v) is 4.61. The van der Waals surface area contributed by atoms with Crippen molar-refractivity contribution in [1.29, 1.82) is 10.5 Å². The van der Waals surface area contributed by atoms with E-state index in [1.807, 2.05) is 11.9 Å². The van der Waals surface area contributed by atoms with Gasteiger partial charge in [-0.25, -0.2) is 4.98 Å². The Balaban J connectivity index is 1.90. The molecular weight excluding hydrogens is 366 g/mol. The van der Waals surface area contributed by atoms with Crippen LogP contribution in [0.5, 0.6) is 0 Å². The largest absolute Gasteiger partial charge is 0.480 e. The van der Waals surface area contributed by atoms with Crippen LogP contribution in [-0.2, 0) is 17.6 Å². The van der Waals surface area contributed by atoms with Crippen molar-refractivity contribution >= 4 is 11.8 Å². The number of nitriles is 2. The van der Waals surface area contributed by atoms with Gasteiger partial charge in [-0.05, 0) is 57.6 Å². The quantitative estimate of drug-likeness (QED) is 0.836. The third kappa shape index (κ3) is 4.86. The van der Waals surface area contributed by atoms with Gasteiger partial charge in [0.15, 0.2) is 0 Å². The molecule has 1 aromatic heterocycles. The zero-order valence-corrected chi connectivity index (χ0v) is 17.2. The first-order valence-electron chi connectivity index (χ1n) is 10.6. The number of pyridine rings is 1. The molecule has 7 heteroatoms. The molecular formula is C22H29N5O2. The maximum Gasteiger partial charge on any atom is 0.317 e. The van der Waals surface area contributed by atoms with E-state index in [0.29, 0.717) is 23.5 Å². The van der Waals surface area contributed by atoms with E-state index in [4.69, 9.17) is 10.1 Å². The van der Waals surface area contributed by atoms with Crippen molar-refractivity contribution < 1.29 is 9.90 Å². The summed E-state index contributed by atoms with van der Waals surface area (Å²) in [6.07, 6.45) is 8.76. The normalized spacial score (nSPS) is 20.0. The van der Waals surface area contributed by atoms with Crippen LogP contribution < -0.4 is 4.90 Å². The van der Waals surface area contributed by atoms with Gasteiger partial charge in [-0.2, -0.15) is 10.5 Å². The number of aliphatic carboxylic acids is 1. The maximum absolute atomic E-state index is 11.0. The van der Waals surface area contributed by atoms with E-state index in [2.05, 4.69) is 17.0 Å². The maximum atomic E-state index is 11.0. The number of carboxylic acids is 1. The average Bonchev–Trinajstić information content (AvgIpc) is 2.93. The molecule has 0 amide bonds. The van der Waals surface area contributed by atoms with E-state index in [1.54, 1.807) is 0 Å². The molecule has 1 aliphatic heterocycles. The number of nitrogens with zero attached hydrogens (tertiary/aromatic N) is 5. The molecule has 0 spiro atoms. The third-order valence-corrected chi connectivity index (χ3v) is 6.18. The molecule has 1 unspecified atom stereocenters. The Morgan fingerprint density at radius 3 is 2.52 bits per heavy atom. The predicted octanol–water partition coefficient (Wildman–Crippen LogP) is 2.86. The van der Waals surface area contributed by atoms with Gasteiger partial charge in [0.25, 0.3) is 0 Å². The SMILES string of the molecule is CN(CC(=O)O)C1CCCN(c2nc3c(c(C#N)c2C#N)CCCCCC3)CC1. The zero-order valence-electron chi connectivity index (χ0n) is 17.2. The highest BCUT2D eigenvalue weighted by atomic mass is 16.4. The van der Waals surface area contributed by atoms with Crippen LogP contribution in [-0.4, -0.2) is 53.7 Å². The summed E-state index contributed by atoms with van der Waals surface area (Å²) in [6, 6.07) is 4.76. The Morgan fingerprint density at radius 1 is 1.10 bits per heavy atom. The van der Waals surface area contributed by atoms with Gasteiger partial charge in [-0.3, -0.25) is 9.69 Å². The number of carbonyl (C=O) groups is 1. The van der Waals surface area contributed by atoms with Crippen LogP contribution >= 0.6 is 0 Å². The molecule has 7 nitrogen and oxygen atoms in total. The Labute approximate surface area is 172 Å². The number of carboxylic acid groups (broad SMARTS) is 1. The van der Waals surface area contributed by atoms with Gasteiger partial charge in [0.2, 0.25) is 0 Å². The molecule has 2 aliphatic rings. The molecule has 1 fully saturated rings. The van der Waals surface area contributed by atoms with Crippen LogP contribution in [0.25, 0.3) is 0 Å². The number of anilines is 1. The summed E-state index contributed by atoms with van der Waals surface area (Å²) in [4.78, 5) is 20.0. The minimum atomic E-state index is -0.817. The first-order valence-corrected chi connectivity index (χ1v) is 10.6.